The van der Waals surface area contributed by atoms with Gasteiger partial charge in [0.2, 0.25) is 0 Å². The summed E-state index contributed by atoms with van der Waals surface area (Å²) in [5, 5.41) is 20.0. The fourth-order valence-corrected chi connectivity index (χ4v) is 3.08. The largest absolute Gasteiger partial charge is 0.459 e. The molecule has 0 amide bonds. The van der Waals surface area contributed by atoms with Crippen molar-refractivity contribution in [3.05, 3.63) is 71.8 Å². The Morgan fingerprint density at radius 2 is 1.50 bits per heavy atom. The fraction of sp³-hybridized carbons (Fsp3) is 0.263. The molecule has 0 spiro atoms. The van der Waals surface area contributed by atoms with E-state index in [-0.39, 0.29) is 11.1 Å². The predicted molar refractivity (Wildman–Crippen MR) is 97.2 cm³/mol. The van der Waals surface area contributed by atoms with Gasteiger partial charge >= 0.3 is 17.8 Å². The molecular weight excluding hydrogens is 439 g/mol. The molecule has 1 saturated heterocycles. The Labute approximate surface area is 167 Å². The van der Waals surface area contributed by atoms with E-state index in [2.05, 4.69) is 15.9 Å². The number of alkyl halides is 2. The molecule has 0 saturated carbocycles. The van der Waals surface area contributed by atoms with Crippen LogP contribution in [0.25, 0.3) is 0 Å². The summed E-state index contributed by atoms with van der Waals surface area (Å²) < 4.78 is 27.0. The molecule has 0 aliphatic carbocycles. The Morgan fingerprint density at radius 3 is 2.04 bits per heavy atom. The van der Waals surface area contributed by atoms with Crippen molar-refractivity contribution in [2.75, 3.05) is 6.61 Å². The average Bonchev–Trinajstić information content (AvgIpc) is 2.86. The van der Waals surface area contributed by atoms with Crippen LogP contribution in [0.3, 0.4) is 0 Å². The van der Waals surface area contributed by atoms with Crippen molar-refractivity contribution in [2.24, 2.45) is 0 Å². The van der Waals surface area contributed by atoms with E-state index in [0.717, 1.165) is 0 Å². The zero-order valence-corrected chi connectivity index (χ0v) is 15.9. The highest BCUT2D eigenvalue weighted by atomic mass is 79.9. The molecule has 1 fully saturated rings. The molecule has 0 unspecified atom stereocenters. The zero-order valence-electron chi connectivity index (χ0n) is 14.3. The van der Waals surface area contributed by atoms with Gasteiger partial charge in [-0.2, -0.15) is 0 Å². The second-order valence-corrected chi connectivity index (χ2v) is 7.12. The number of hydrogen-bond acceptors (Lipinski definition) is 7. The number of esters is 2. The molecule has 2 aromatic rings. The molecule has 0 radical (unpaired) electrons. The fourth-order valence-electron chi connectivity index (χ4n) is 2.62. The van der Waals surface area contributed by atoms with Gasteiger partial charge in [-0.3, -0.25) is 0 Å². The minimum absolute atomic E-state index is 0.100. The molecule has 1 heterocycles. The van der Waals surface area contributed by atoms with Crippen molar-refractivity contribution in [3.63, 3.8) is 0 Å². The van der Waals surface area contributed by atoms with Crippen LogP contribution >= 0.6 is 15.9 Å². The van der Waals surface area contributed by atoms with Crippen LogP contribution < -0.4 is 0 Å². The van der Waals surface area contributed by atoms with Gasteiger partial charge in [0.25, 0.3) is 4.70 Å². The Balaban J connectivity index is 1.74. The summed E-state index contributed by atoms with van der Waals surface area (Å²) in [6.45, 7) is -0.583. The van der Waals surface area contributed by atoms with E-state index in [9.17, 15) is 24.2 Å². The van der Waals surface area contributed by atoms with Gasteiger partial charge < -0.3 is 24.4 Å². The lowest BCUT2D eigenvalue weighted by Gasteiger charge is -2.27. The molecule has 1 aliphatic rings. The SMILES string of the molecule is O=C(OC[C@@H]1O[C@](O)(Br)[C@@](O)(F)[C@H]1OC(=O)c1ccccc1)c1ccccc1. The topological polar surface area (TPSA) is 102 Å². The van der Waals surface area contributed by atoms with Crippen molar-refractivity contribution in [1.82, 2.24) is 0 Å². The Bertz CT molecular complexity index is 842. The van der Waals surface area contributed by atoms with Gasteiger partial charge in [-0.05, 0) is 40.2 Å². The highest BCUT2D eigenvalue weighted by molar-refractivity contribution is 9.10. The van der Waals surface area contributed by atoms with Gasteiger partial charge in [-0.1, -0.05) is 36.4 Å². The van der Waals surface area contributed by atoms with Gasteiger partial charge in [-0.15, -0.1) is 0 Å². The van der Waals surface area contributed by atoms with Gasteiger partial charge in [-0.25, -0.2) is 14.0 Å². The average molecular weight is 455 g/mol. The summed E-state index contributed by atoms with van der Waals surface area (Å²) >= 11 is 2.52. The van der Waals surface area contributed by atoms with E-state index in [1.54, 1.807) is 36.4 Å². The maximum Gasteiger partial charge on any atom is 0.338 e. The Hall–Kier alpha value is -2.33. The Kier molecular flexibility index (Phi) is 5.80. The van der Waals surface area contributed by atoms with E-state index >= 15 is 0 Å². The highest BCUT2D eigenvalue weighted by Crippen LogP contribution is 2.45. The smallest absolute Gasteiger partial charge is 0.338 e. The highest BCUT2D eigenvalue weighted by Gasteiger charge is 2.68. The third-order valence-corrected chi connectivity index (χ3v) is 4.83. The first-order chi connectivity index (χ1) is 13.2. The third-order valence-electron chi connectivity index (χ3n) is 4.09. The van der Waals surface area contributed by atoms with Crippen LogP contribution in [0.4, 0.5) is 4.39 Å². The second kappa shape index (κ2) is 7.96. The molecular formula is C19H16BrFO7. The quantitative estimate of drug-likeness (QED) is 0.527. The third kappa shape index (κ3) is 4.07. The maximum atomic E-state index is 14.7. The van der Waals surface area contributed by atoms with Gasteiger partial charge in [0.1, 0.15) is 12.7 Å². The summed E-state index contributed by atoms with van der Waals surface area (Å²) in [6.07, 6.45) is -3.44. The minimum atomic E-state index is -3.50. The summed E-state index contributed by atoms with van der Waals surface area (Å²) in [7, 11) is 0. The number of benzene rings is 2. The van der Waals surface area contributed by atoms with Crippen molar-refractivity contribution >= 4 is 27.9 Å². The number of carbonyl (C=O) groups excluding carboxylic acids is 2. The number of aliphatic hydroxyl groups is 2. The molecule has 2 aromatic carbocycles. The maximum absolute atomic E-state index is 14.7. The molecule has 148 valence electrons. The van der Waals surface area contributed by atoms with E-state index in [0.29, 0.717) is 0 Å². The molecule has 9 heteroatoms. The Morgan fingerprint density at radius 1 is 1.00 bits per heavy atom. The van der Waals surface area contributed by atoms with E-state index in [4.69, 9.17) is 14.2 Å². The molecule has 0 aromatic heterocycles. The van der Waals surface area contributed by atoms with Crippen LogP contribution in [-0.4, -0.2) is 51.5 Å². The normalized spacial score (nSPS) is 29.3. The molecule has 3 rings (SSSR count). The zero-order chi connectivity index (χ0) is 20.4. The van der Waals surface area contributed by atoms with Gasteiger partial charge in [0.15, 0.2) is 6.10 Å². The minimum Gasteiger partial charge on any atom is -0.459 e. The molecule has 7 nitrogen and oxygen atoms in total. The summed E-state index contributed by atoms with van der Waals surface area (Å²) in [5.74, 6) is -5.18. The van der Waals surface area contributed by atoms with Crippen molar-refractivity contribution in [1.29, 1.82) is 0 Å². The van der Waals surface area contributed by atoms with Gasteiger partial charge in [0, 0.05) is 0 Å². The van der Waals surface area contributed by atoms with Crippen LogP contribution in [0.5, 0.6) is 0 Å². The summed E-state index contributed by atoms with van der Waals surface area (Å²) in [6, 6.07) is 15.7. The van der Waals surface area contributed by atoms with Crippen LogP contribution in [0.15, 0.2) is 60.7 Å². The first-order valence-corrected chi connectivity index (χ1v) is 9.00. The lowest BCUT2D eigenvalue weighted by Crippen LogP contribution is -2.51. The van der Waals surface area contributed by atoms with Crippen molar-refractivity contribution in [2.45, 2.75) is 22.8 Å². The van der Waals surface area contributed by atoms with Crippen LogP contribution in [0.2, 0.25) is 0 Å². The van der Waals surface area contributed by atoms with Crippen LogP contribution in [0.1, 0.15) is 20.7 Å². The second-order valence-electron chi connectivity index (χ2n) is 6.05. The van der Waals surface area contributed by atoms with Crippen LogP contribution in [-0.2, 0) is 14.2 Å². The van der Waals surface area contributed by atoms with Crippen LogP contribution in [0, 0.1) is 0 Å². The summed E-state index contributed by atoms with van der Waals surface area (Å²) in [4.78, 5) is 24.3. The number of hydrogen-bond donors (Lipinski definition) is 2. The molecule has 1 aliphatic heterocycles. The van der Waals surface area contributed by atoms with E-state index in [1.807, 2.05) is 0 Å². The number of carbonyl (C=O) groups is 2. The molecule has 0 bridgehead atoms. The monoisotopic (exact) mass is 454 g/mol. The first kappa shape index (κ1) is 20.4. The summed E-state index contributed by atoms with van der Waals surface area (Å²) in [5.41, 5.74) is 0.339. The van der Waals surface area contributed by atoms with Crippen molar-refractivity contribution in [3.8, 4) is 0 Å². The number of ether oxygens (including phenoxy) is 3. The first-order valence-electron chi connectivity index (χ1n) is 8.21. The lowest BCUT2D eigenvalue weighted by molar-refractivity contribution is -0.256. The molecule has 28 heavy (non-hydrogen) atoms. The number of rotatable bonds is 5. The standard InChI is InChI=1S/C19H16BrFO7/c20-19(25)18(21,24)15(27-17(23)13-9-5-2-6-10-13)14(28-19)11-26-16(22)12-7-3-1-4-8-12/h1-10,14-15,24-25H,11H2/t14-,15-,18+,19-/m0/s1. The molecule has 2 N–H and O–H groups in total. The predicted octanol–water partition coefficient (Wildman–Crippen LogP) is 2.17. The van der Waals surface area contributed by atoms with Crippen molar-refractivity contribution < 1.29 is 38.4 Å². The van der Waals surface area contributed by atoms with Gasteiger partial charge in [0.05, 0.1) is 11.1 Å². The molecule has 4 atom stereocenters. The number of halogens is 2. The van der Waals surface area contributed by atoms with E-state index in [1.165, 1.54) is 24.3 Å². The van der Waals surface area contributed by atoms with E-state index < -0.39 is 41.3 Å². The lowest BCUT2D eigenvalue weighted by atomic mass is 10.1.